The van der Waals surface area contributed by atoms with E-state index in [9.17, 15) is 0 Å². The highest BCUT2D eigenvalue weighted by molar-refractivity contribution is 5.84. The van der Waals surface area contributed by atoms with Crippen LogP contribution in [0.5, 0.6) is 11.5 Å². The Bertz CT molecular complexity index is 2080. The van der Waals surface area contributed by atoms with Gasteiger partial charge in [-0.3, -0.25) is 4.90 Å². The molecule has 0 radical (unpaired) electrons. The molecule has 0 aliphatic carbocycles. The van der Waals surface area contributed by atoms with Gasteiger partial charge in [0.25, 0.3) is 0 Å². The van der Waals surface area contributed by atoms with E-state index in [1.165, 1.54) is 16.4 Å². The Kier molecular flexibility index (Phi) is 10.6. The molecule has 1 aliphatic heterocycles. The first-order valence-corrected chi connectivity index (χ1v) is 17.5. The summed E-state index contributed by atoms with van der Waals surface area (Å²) in [6.45, 7) is 4.83. The van der Waals surface area contributed by atoms with Crippen LogP contribution in [-0.2, 0) is 32.4 Å². The standard InChI is InChI=1S/C42H41F3N6O2/c1-28-4-6-31(7-5-28)26-51-48-41(47-49-51)40-37(33-14-12-32(13-15-33)34-22-46-23-34)20-21-39(42(43,44)45)38(40)27-50(24-29-8-16-35(52-2)17-9-29)25-30-10-18-36(53-3)19-11-30/h4-21,34,46H,22-27H2,1-3H3. The van der Waals surface area contributed by atoms with E-state index in [1.807, 2.05) is 96.8 Å². The van der Waals surface area contributed by atoms with Gasteiger partial charge in [0.1, 0.15) is 11.5 Å². The van der Waals surface area contributed by atoms with E-state index in [0.717, 1.165) is 40.9 Å². The van der Waals surface area contributed by atoms with Gasteiger partial charge >= 0.3 is 6.18 Å². The molecule has 1 aliphatic rings. The number of halogens is 3. The number of alkyl halides is 3. The maximum Gasteiger partial charge on any atom is 0.416 e. The molecule has 0 spiro atoms. The molecule has 1 N–H and O–H groups in total. The molecule has 1 saturated heterocycles. The predicted molar refractivity (Wildman–Crippen MR) is 199 cm³/mol. The lowest BCUT2D eigenvalue weighted by Gasteiger charge is -2.28. The summed E-state index contributed by atoms with van der Waals surface area (Å²) in [6.07, 6.45) is -4.65. The van der Waals surface area contributed by atoms with Gasteiger partial charge in [-0.05, 0) is 81.4 Å². The number of nitrogens with zero attached hydrogens (tertiary/aromatic N) is 5. The summed E-state index contributed by atoms with van der Waals surface area (Å²) < 4.78 is 56.2. The van der Waals surface area contributed by atoms with Crippen molar-refractivity contribution in [1.29, 1.82) is 0 Å². The third kappa shape index (κ3) is 8.42. The van der Waals surface area contributed by atoms with E-state index in [-0.39, 0.29) is 17.9 Å². The van der Waals surface area contributed by atoms with Gasteiger partial charge in [-0.1, -0.05) is 84.4 Å². The van der Waals surface area contributed by atoms with Crippen molar-refractivity contribution in [3.8, 4) is 34.0 Å². The third-order valence-electron chi connectivity index (χ3n) is 9.73. The Morgan fingerprint density at radius 3 is 1.85 bits per heavy atom. The fraction of sp³-hybridized carbons (Fsp3) is 0.262. The molecule has 5 aromatic carbocycles. The number of rotatable bonds is 13. The molecule has 11 heteroatoms. The van der Waals surface area contributed by atoms with Crippen molar-refractivity contribution in [3.63, 3.8) is 0 Å². The SMILES string of the molecule is COc1ccc(CN(Cc2ccc(OC)cc2)Cc2c(C(F)(F)F)ccc(-c3ccc(C4CNC4)cc3)c2-c2nnn(Cc3ccc(C)cc3)n2)cc1. The zero-order valence-electron chi connectivity index (χ0n) is 29.9. The Labute approximate surface area is 307 Å². The summed E-state index contributed by atoms with van der Waals surface area (Å²) in [4.78, 5) is 3.44. The first-order valence-electron chi connectivity index (χ1n) is 17.5. The average Bonchev–Trinajstić information content (AvgIpc) is 3.60. The Morgan fingerprint density at radius 1 is 0.736 bits per heavy atom. The Hall–Kier alpha value is -5.52. The van der Waals surface area contributed by atoms with Gasteiger partial charge in [-0.25, -0.2) is 0 Å². The number of benzene rings is 5. The summed E-state index contributed by atoms with van der Waals surface area (Å²) in [5.74, 6) is 1.95. The Balaban J connectivity index is 1.35. The van der Waals surface area contributed by atoms with Crippen LogP contribution in [0, 0.1) is 6.92 Å². The zero-order chi connectivity index (χ0) is 37.0. The lowest BCUT2D eigenvalue weighted by molar-refractivity contribution is -0.138. The number of aryl methyl sites for hydroxylation is 1. The maximum absolute atomic E-state index is 15.1. The molecule has 0 amide bonds. The highest BCUT2D eigenvalue weighted by Gasteiger charge is 2.37. The molecule has 0 atom stereocenters. The molecule has 2 heterocycles. The van der Waals surface area contributed by atoms with Crippen LogP contribution in [0.15, 0.2) is 109 Å². The number of hydrogen-bond donors (Lipinski definition) is 1. The minimum absolute atomic E-state index is 0.0472. The number of methoxy groups -OCH3 is 2. The highest BCUT2D eigenvalue weighted by atomic mass is 19.4. The molecule has 7 rings (SSSR count). The van der Waals surface area contributed by atoms with E-state index in [4.69, 9.17) is 14.6 Å². The number of ether oxygens (including phenoxy) is 2. The molecule has 1 fully saturated rings. The van der Waals surface area contributed by atoms with E-state index >= 15 is 13.2 Å². The quantitative estimate of drug-likeness (QED) is 0.129. The summed E-state index contributed by atoms with van der Waals surface area (Å²) in [6, 6.07) is 33.9. The fourth-order valence-corrected chi connectivity index (χ4v) is 6.67. The number of tetrazole rings is 1. The molecular formula is C42H41F3N6O2. The van der Waals surface area contributed by atoms with Crippen molar-refractivity contribution in [2.45, 2.75) is 45.2 Å². The number of hydrogen-bond acceptors (Lipinski definition) is 7. The molecule has 8 nitrogen and oxygen atoms in total. The Morgan fingerprint density at radius 2 is 1.32 bits per heavy atom. The predicted octanol–water partition coefficient (Wildman–Crippen LogP) is 8.29. The topological polar surface area (TPSA) is 77.3 Å². The van der Waals surface area contributed by atoms with Crippen LogP contribution >= 0.6 is 0 Å². The molecule has 0 saturated carbocycles. The van der Waals surface area contributed by atoms with Crippen molar-refractivity contribution in [2.75, 3.05) is 27.3 Å². The van der Waals surface area contributed by atoms with Gasteiger partial charge < -0.3 is 14.8 Å². The molecule has 1 aromatic heterocycles. The van der Waals surface area contributed by atoms with Gasteiger partial charge in [0.2, 0.25) is 5.82 Å². The van der Waals surface area contributed by atoms with E-state index < -0.39 is 11.7 Å². The zero-order valence-corrected chi connectivity index (χ0v) is 29.9. The minimum atomic E-state index is -4.65. The van der Waals surface area contributed by atoms with Gasteiger partial charge in [-0.2, -0.15) is 18.0 Å². The minimum Gasteiger partial charge on any atom is -0.497 e. The van der Waals surface area contributed by atoms with Gasteiger partial charge in [-0.15, -0.1) is 10.2 Å². The van der Waals surface area contributed by atoms with Crippen LogP contribution in [0.4, 0.5) is 13.2 Å². The molecule has 53 heavy (non-hydrogen) atoms. The monoisotopic (exact) mass is 718 g/mol. The third-order valence-corrected chi connectivity index (χ3v) is 9.73. The van der Waals surface area contributed by atoms with Crippen LogP contribution < -0.4 is 14.8 Å². The van der Waals surface area contributed by atoms with Crippen molar-refractivity contribution >= 4 is 0 Å². The summed E-state index contributed by atoms with van der Waals surface area (Å²) in [5.41, 5.74) is 6.14. The van der Waals surface area contributed by atoms with Crippen molar-refractivity contribution in [2.24, 2.45) is 0 Å². The lowest BCUT2D eigenvalue weighted by atomic mass is 9.88. The lowest BCUT2D eigenvalue weighted by Crippen LogP contribution is -2.39. The van der Waals surface area contributed by atoms with Crippen LogP contribution in [0.2, 0.25) is 0 Å². The van der Waals surface area contributed by atoms with Crippen LogP contribution in [-0.4, -0.2) is 52.4 Å². The normalized spacial score (nSPS) is 13.3. The number of nitrogens with one attached hydrogen (secondary N) is 1. The largest absolute Gasteiger partial charge is 0.497 e. The number of aromatic nitrogens is 4. The highest BCUT2D eigenvalue weighted by Crippen LogP contribution is 2.42. The molecule has 0 bridgehead atoms. The van der Waals surface area contributed by atoms with Gasteiger partial charge in [0, 0.05) is 44.2 Å². The summed E-state index contributed by atoms with van der Waals surface area (Å²) >= 11 is 0. The molecule has 272 valence electrons. The smallest absolute Gasteiger partial charge is 0.416 e. The maximum atomic E-state index is 15.1. The van der Waals surface area contributed by atoms with Gasteiger partial charge in [0.05, 0.1) is 26.3 Å². The summed E-state index contributed by atoms with van der Waals surface area (Å²) in [7, 11) is 3.20. The fourth-order valence-electron chi connectivity index (χ4n) is 6.67. The summed E-state index contributed by atoms with van der Waals surface area (Å²) in [5, 5.41) is 16.8. The first-order chi connectivity index (χ1) is 25.7. The van der Waals surface area contributed by atoms with Gasteiger partial charge in [0.15, 0.2) is 0 Å². The van der Waals surface area contributed by atoms with Crippen molar-refractivity contribution in [3.05, 3.63) is 148 Å². The second-order valence-electron chi connectivity index (χ2n) is 13.5. The van der Waals surface area contributed by atoms with E-state index in [2.05, 4.69) is 27.8 Å². The van der Waals surface area contributed by atoms with Crippen molar-refractivity contribution in [1.82, 2.24) is 30.4 Å². The van der Waals surface area contributed by atoms with E-state index in [0.29, 0.717) is 48.2 Å². The van der Waals surface area contributed by atoms with Crippen molar-refractivity contribution < 1.29 is 22.6 Å². The second-order valence-corrected chi connectivity index (χ2v) is 13.5. The molecule has 0 unspecified atom stereocenters. The molecular weight excluding hydrogens is 677 g/mol. The van der Waals surface area contributed by atoms with Crippen LogP contribution in [0.3, 0.4) is 0 Å². The second kappa shape index (κ2) is 15.6. The molecule has 6 aromatic rings. The average molecular weight is 719 g/mol. The van der Waals surface area contributed by atoms with Crippen LogP contribution in [0.1, 0.15) is 44.9 Å². The van der Waals surface area contributed by atoms with E-state index in [1.54, 1.807) is 20.3 Å². The first kappa shape index (κ1) is 35.9. The van der Waals surface area contributed by atoms with Crippen LogP contribution in [0.25, 0.3) is 22.5 Å².